The average Bonchev–Trinajstić information content (AvgIpc) is 3.25. The average molecular weight is 388 g/mol. The second-order valence-corrected chi connectivity index (χ2v) is 8.54. The summed E-state index contributed by atoms with van der Waals surface area (Å²) in [6.07, 6.45) is 1.50. The highest BCUT2D eigenvalue weighted by atomic mass is 32.2. The van der Waals surface area contributed by atoms with Gasteiger partial charge in [-0.25, -0.2) is 8.42 Å². The van der Waals surface area contributed by atoms with E-state index < -0.39 is 10.0 Å². The van der Waals surface area contributed by atoms with E-state index >= 15 is 0 Å². The van der Waals surface area contributed by atoms with Crippen LogP contribution in [0, 0.1) is 0 Å². The Morgan fingerprint density at radius 2 is 1.96 bits per heavy atom. The van der Waals surface area contributed by atoms with Crippen molar-refractivity contribution < 1.29 is 22.7 Å². The van der Waals surface area contributed by atoms with Crippen LogP contribution in [0.1, 0.15) is 18.4 Å². The van der Waals surface area contributed by atoms with Crippen LogP contribution in [0.3, 0.4) is 0 Å². The molecule has 2 aromatic carbocycles. The molecule has 0 aromatic heterocycles. The monoisotopic (exact) mass is 388 g/mol. The largest absolute Gasteiger partial charge is 0.454 e. The molecule has 7 nitrogen and oxygen atoms in total. The molecule has 2 heterocycles. The predicted octanol–water partition coefficient (Wildman–Crippen LogP) is 2.53. The summed E-state index contributed by atoms with van der Waals surface area (Å²) in [4.78, 5) is 12.3. The Kier molecular flexibility index (Phi) is 4.65. The van der Waals surface area contributed by atoms with E-state index in [1.54, 1.807) is 24.3 Å². The number of hydrogen-bond acceptors (Lipinski definition) is 5. The molecule has 142 valence electrons. The van der Waals surface area contributed by atoms with Crippen LogP contribution >= 0.6 is 0 Å². The molecule has 27 heavy (non-hydrogen) atoms. The maximum Gasteiger partial charge on any atom is 0.235 e. The highest BCUT2D eigenvalue weighted by molar-refractivity contribution is 7.93. The summed E-state index contributed by atoms with van der Waals surface area (Å²) in [5.74, 6) is 1.46. The third-order valence-electron chi connectivity index (χ3n) is 4.59. The minimum Gasteiger partial charge on any atom is -0.454 e. The van der Waals surface area contributed by atoms with Gasteiger partial charge in [0.2, 0.25) is 22.7 Å². The molecule has 1 fully saturated rings. The second-order valence-electron chi connectivity index (χ2n) is 6.53. The van der Waals surface area contributed by atoms with Crippen molar-refractivity contribution in [2.75, 3.05) is 28.7 Å². The Bertz CT molecular complexity index is 974. The van der Waals surface area contributed by atoms with Gasteiger partial charge in [0, 0.05) is 18.7 Å². The Labute approximate surface area is 157 Å². The first-order valence-corrected chi connectivity index (χ1v) is 10.4. The van der Waals surface area contributed by atoms with Gasteiger partial charge in [-0.2, -0.15) is 0 Å². The van der Waals surface area contributed by atoms with Crippen molar-refractivity contribution in [1.29, 1.82) is 0 Å². The van der Waals surface area contributed by atoms with Crippen molar-refractivity contribution >= 4 is 27.3 Å². The van der Waals surface area contributed by atoms with Crippen LogP contribution in [-0.4, -0.2) is 33.4 Å². The zero-order chi connectivity index (χ0) is 18.9. The number of aryl methyl sites for hydroxylation is 1. The maximum atomic E-state index is 12.3. The summed E-state index contributed by atoms with van der Waals surface area (Å²) in [5, 5.41) is 2.84. The number of nitrogens with one attached hydrogen (secondary N) is 1. The van der Waals surface area contributed by atoms with Crippen LogP contribution in [0.2, 0.25) is 0 Å². The van der Waals surface area contributed by atoms with Crippen LogP contribution in [0.4, 0.5) is 11.4 Å². The fraction of sp³-hybridized carbons (Fsp3) is 0.316. The first-order chi connectivity index (χ1) is 13.0. The molecule has 0 bridgehead atoms. The van der Waals surface area contributed by atoms with Crippen molar-refractivity contribution in [2.24, 2.45) is 0 Å². The first kappa shape index (κ1) is 17.7. The van der Waals surface area contributed by atoms with E-state index in [-0.39, 0.29) is 18.5 Å². The van der Waals surface area contributed by atoms with Crippen molar-refractivity contribution in [3.63, 3.8) is 0 Å². The maximum absolute atomic E-state index is 12.3. The van der Waals surface area contributed by atoms with Gasteiger partial charge in [0.05, 0.1) is 11.4 Å². The van der Waals surface area contributed by atoms with Crippen LogP contribution in [0.5, 0.6) is 11.5 Å². The lowest BCUT2D eigenvalue weighted by Crippen LogP contribution is -2.25. The fourth-order valence-corrected chi connectivity index (χ4v) is 4.80. The van der Waals surface area contributed by atoms with E-state index in [4.69, 9.17) is 9.47 Å². The van der Waals surface area contributed by atoms with Crippen molar-refractivity contribution in [2.45, 2.75) is 19.3 Å². The van der Waals surface area contributed by atoms with Gasteiger partial charge in [-0.3, -0.25) is 9.10 Å². The molecule has 0 unspecified atom stereocenters. The molecule has 0 aliphatic carbocycles. The Balaban J connectivity index is 1.38. The summed E-state index contributed by atoms with van der Waals surface area (Å²) in [6.45, 7) is 0.701. The zero-order valence-corrected chi connectivity index (χ0v) is 15.5. The molecule has 2 aliphatic heterocycles. The number of fused-ring (bicyclic) bond motifs is 1. The predicted molar refractivity (Wildman–Crippen MR) is 102 cm³/mol. The van der Waals surface area contributed by atoms with E-state index in [0.717, 1.165) is 11.3 Å². The van der Waals surface area contributed by atoms with Crippen molar-refractivity contribution in [3.05, 3.63) is 48.0 Å². The number of carbonyl (C=O) groups is 1. The van der Waals surface area contributed by atoms with E-state index in [1.165, 1.54) is 4.31 Å². The number of sulfonamides is 1. The molecule has 1 saturated heterocycles. The van der Waals surface area contributed by atoms with Gasteiger partial charge < -0.3 is 14.8 Å². The Morgan fingerprint density at radius 3 is 2.78 bits per heavy atom. The van der Waals surface area contributed by atoms with E-state index in [2.05, 4.69) is 5.32 Å². The van der Waals surface area contributed by atoms with Gasteiger partial charge in [0.25, 0.3) is 0 Å². The van der Waals surface area contributed by atoms with Crippen molar-refractivity contribution in [1.82, 2.24) is 0 Å². The Morgan fingerprint density at radius 1 is 1.11 bits per heavy atom. The lowest BCUT2D eigenvalue weighted by atomic mass is 10.1. The van der Waals surface area contributed by atoms with Gasteiger partial charge in [0.1, 0.15) is 0 Å². The summed E-state index contributed by atoms with van der Waals surface area (Å²) >= 11 is 0. The summed E-state index contributed by atoms with van der Waals surface area (Å²) in [7, 11) is -3.24. The zero-order valence-electron chi connectivity index (χ0n) is 14.7. The highest BCUT2D eigenvalue weighted by Gasteiger charge is 2.28. The van der Waals surface area contributed by atoms with E-state index in [9.17, 15) is 13.2 Å². The Hall–Kier alpha value is -2.74. The molecule has 8 heteroatoms. The smallest absolute Gasteiger partial charge is 0.235 e. The van der Waals surface area contributed by atoms with Gasteiger partial charge in [-0.1, -0.05) is 12.1 Å². The fourth-order valence-electron chi connectivity index (χ4n) is 3.25. The van der Waals surface area contributed by atoms with E-state index in [1.807, 2.05) is 18.2 Å². The topological polar surface area (TPSA) is 84.9 Å². The van der Waals surface area contributed by atoms with Crippen LogP contribution in [0.25, 0.3) is 0 Å². The highest BCUT2D eigenvalue weighted by Crippen LogP contribution is 2.33. The van der Waals surface area contributed by atoms with Crippen LogP contribution < -0.4 is 19.1 Å². The third-order valence-corrected chi connectivity index (χ3v) is 6.46. The first-order valence-electron chi connectivity index (χ1n) is 8.80. The molecular weight excluding hydrogens is 368 g/mol. The van der Waals surface area contributed by atoms with E-state index in [0.29, 0.717) is 42.9 Å². The summed E-state index contributed by atoms with van der Waals surface area (Å²) in [5.41, 5.74) is 2.16. The van der Waals surface area contributed by atoms with Crippen LogP contribution in [-0.2, 0) is 21.2 Å². The molecule has 0 saturated carbocycles. The van der Waals surface area contributed by atoms with Gasteiger partial charge >= 0.3 is 0 Å². The van der Waals surface area contributed by atoms with Gasteiger partial charge in [-0.05, 0) is 48.7 Å². The third kappa shape index (κ3) is 3.85. The molecule has 1 N–H and O–H groups in total. The molecular formula is C19H20N2O5S. The molecule has 0 spiro atoms. The number of anilines is 2. The summed E-state index contributed by atoms with van der Waals surface area (Å²) < 4.78 is 36.1. The number of amides is 1. The second kappa shape index (κ2) is 7.11. The molecule has 0 atom stereocenters. The lowest BCUT2D eigenvalue weighted by Gasteiger charge is -2.17. The minimum absolute atomic E-state index is 0.130. The molecule has 1 amide bonds. The minimum atomic E-state index is -3.24. The molecule has 2 aliphatic rings. The number of ether oxygens (including phenoxy) is 2. The molecule has 4 rings (SSSR count). The van der Waals surface area contributed by atoms with Crippen molar-refractivity contribution in [3.8, 4) is 11.5 Å². The quantitative estimate of drug-likeness (QED) is 0.851. The number of rotatable bonds is 5. The molecule has 0 radical (unpaired) electrons. The SMILES string of the molecule is O=C(CCc1ccc2c(c1)OCO2)Nc1cccc(N2CCCS2(=O)=O)c1. The standard InChI is InChI=1S/C19H20N2O5S/c22-19(8-6-14-5-7-17-18(11-14)26-13-25-17)20-15-3-1-4-16(12-15)21-9-2-10-27(21,23)24/h1,3-5,7,11-12H,2,6,8-10,13H2,(H,20,22). The normalized spacial score (nSPS) is 17.1. The van der Waals surface area contributed by atoms with Gasteiger partial charge in [0.15, 0.2) is 11.5 Å². The number of nitrogens with zero attached hydrogens (tertiary/aromatic N) is 1. The lowest BCUT2D eigenvalue weighted by molar-refractivity contribution is -0.116. The van der Waals surface area contributed by atoms with Crippen LogP contribution in [0.15, 0.2) is 42.5 Å². The van der Waals surface area contributed by atoms with Gasteiger partial charge in [-0.15, -0.1) is 0 Å². The number of carbonyl (C=O) groups excluding carboxylic acids is 1. The number of benzene rings is 2. The summed E-state index contributed by atoms with van der Waals surface area (Å²) in [6, 6.07) is 12.6. The molecule has 2 aromatic rings. The number of hydrogen-bond donors (Lipinski definition) is 1.